The normalized spacial score (nSPS) is 13.8. The zero-order valence-corrected chi connectivity index (χ0v) is 14.0. The van der Waals surface area contributed by atoms with E-state index in [4.69, 9.17) is 5.26 Å². The first-order chi connectivity index (χ1) is 12.3. The molecule has 0 unspecified atom stereocenters. The van der Waals surface area contributed by atoms with E-state index in [1.807, 2.05) is 6.07 Å². The molecule has 0 saturated heterocycles. The number of ketones is 1. The molecule has 26 heavy (non-hydrogen) atoms. The maximum Gasteiger partial charge on any atom is 0.407 e. The smallest absolute Gasteiger partial charge is 0.298 e. The Kier molecular flexibility index (Phi) is 6.46. The van der Waals surface area contributed by atoms with Crippen LogP contribution < -0.4 is 5.32 Å². The summed E-state index contributed by atoms with van der Waals surface area (Å²) in [6.07, 6.45) is -3.66. The second-order valence-corrected chi connectivity index (χ2v) is 5.87. The fraction of sp³-hybridized carbons (Fsp3) is 0.412. The van der Waals surface area contributed by atoms with Gasteiger partial charge in [0.25, 0.3) is 0 Å². The van der Waals surface area contributed by atoms with E-state index in [1.54, 1.807) is 19.1 Å². The molecule has 1 aromatic heterocycles. The van der Waals surface area contributed by atoms with Crippen LogP contribution in [-0.2, 0) is 11.2 Å². The van der Waals surface area contributed by atoms with Gasteiger partial charge < -0.3 is 0 Å². The van der Waals surface area contributed by atoms with Crippen LogP contribution in [0.15, 0.2) is 30.6 Å². The standard InChI is InChI=1S/C17H18F3N5O/c1-11-4-6-12(7-5-11)16(17(18,19)20)24-13(14(26)3-2-8-21)9-15-22-10-23-25-15/h4-7,10,13,16,24H,2-3,9H2,1H3,(H,22,23,25)/t13-,16-/m0/s1. The van der Waals surface area contributed by atoms with E-state index in [0.29, 0.717) is 0 Å². The summed E-state index contributed by atoms with van der Waals surface area (Å²) in [5.41, 5.74) is 0.844. The lowest BCUT2D eigenvalue weighted by molar-refractivity contribution is -0.160. The molecule has 2 rings (SSSR count). The molecule has 1 aromatic carbocycles. The number of aromatic amines is 1. The van der Waals surface area contributed by atoms with E-state index in [1.165, 1.54) is 18.5 Å². The molecule has 2 N–H and O–H groups in total. The van der Waals surface area contributed by atoms with Crippen molar-refractivity contribution in [1.29, 1.82) is 5.26 Å². The molecule has 6 nitrogen and oxygen atoms in total. The van der Waals surface area contributed by atoms with Crippen LogP contribution >= 0.6 is 0 Å². The van der Waals surface area contributed by atoms with Gasteiger partial charge in [-0.2, -0.15) is 23.5 Å². The number of nitriles is 1. The van der Waals surface area contributed by atoms with Crippen LogP contribution in [0.4, 0.5) is 13.2 Å². The first-order valence-corrected chi connectivity index (χ1v) is 7.94. The Hall–Kier alpha value is -2.73. The number of hydrogen-bond donors (Lipinski definition) is 2. The number of rotatable bonds is 8. The zero-order chi connectivity index (χ0) is 19.2. The van der Waals surface area contributed by atoms with Gasteiger partial charge in [0.15, 0.2) is 5.78 Å². The van der Waals surface area contributed by atoms with Crippen molar-refractivity contribution < 1.29 is 18.0 Å². The second-order valence-electron chi connectivity index (χ2n) is 5.87. The molecular weight excluding hydrogens is 347 g/mol. The molecule has 0 fully saturated rings. The SMILES string of the molecule is Cc1ccc([C@H](N[C@@H](Cc2ncn[nH]2)C(=O)CCC#N)C(F)(F)F)cc1. The van der Waals surface area contributed by atoms with E-state index in [-0.39, 0.29) is 30.7 Å². The Morgan fingerprint density at radius 3 is 2.58 bits per heavy atom. The number of benzene rings is 1. The van der Waals surface area contributed by atoms with Crippen LogP contribution in [-0.4, -0.2) is 33.2 Å². The molecule has 0 aliphatic rings. The number of halogens is 3. The van der Waals surface area contributed by atoms with Crippen molar-refractivity contribution >= 4 is 5.78 Å². The number of alkyl halides is 3. The number of hydrogen-bond acceptors (Lipinski definition) is 5. The monoisotopic (exact) mass is 365 g/mol. The molecular formula is C17H18F3N5O. The van der Waals surface area contributed by atoms with Crippen LogP contribution in [0.2, 0.25) is 0 Å². The highest BCUT2D eigenvalue weighted by atomic mass is 19.4. The minimum absolute atomic E-state index is 0.0127. The lowest BCUT2D eigenvalue weighted by atomic mass is 9.99. The summed E-state index contributed by atoms with van der Waals surface area (Å²) in [5, 5.41) is 17.2. The molecule has 1 heterocycles. The van der Waals surface area contributed by atoms with Gasteiger partial charge in [-0.05, 0) is 12.5 Å². The molecule has 0 aliphatic heterocycles. The maximum absolute atomic E-state index is 13.6. The second kappa shape index (κ2) is 8.58. The molecule has 138 valence electrons. The minimum atomic E-state index is -4.59. The Morgan fingerprint density at radius 1 is 1.35 bits per heavy atom. The van der Waals surface area contributed by atoms with Crippen LogP contribution in [0, 0.1) is 18.3 Å². The summed E-state index contributed by atoms with van der Waals surface area (Å²) < 4.78 is 40.8. The largest absolute Gasteiger partial charge is 0.407 e. The number of aryl methyl sites for hydroxylation is 1. The van der Waals surface area contributed by atoms with Gasteiger partial charge >= 0.3 is 6.18 Å². The number of nitrogens with zero attached hydrogens (tertiary/aromatic N) is 3. The number of Topliss-reactive ketones (excluding diaryl/α,β-unsaturated/α-hetero) is 1. The van der Waals surface area contributed by atoms with Gasteiger partial charge in [0.05, 0.1) is 12.1 Å². The lowest BCUT2D eigenvalue weighted by Crippen LogP contribution is -2.46. The van der Waals surface area contributed by atoms with E-state index >= 15 is 0 Å². The number of aromatic nitrogens is 3. The van der Waals surface area contributed by atoms with Crippen molar-refractivity contribution in [1.82, 2.24) is 20.5 Å². The third kappa shape index (κ3) is 5.39. The molecule has 0 radical (unpaired) electrons. The van der Waals surface area contributed by atoms with E-state index in [0.717, 1.165) is 5.56 Å². The maximum atomic E-state index is 13.6. The van der Waals surface area contributed by atoms with Gasteiger partial charge in [0, 0.05) is 19.3 Å². The quantitative estimate of drug-likeness (QED) is 0.750. The Bertz CT molecular complexity index is 750. The number of carbonyl (C=O) groups excluding carboxylic acids is 1. The van der Waals surface area contributed by atoms with E-state index < -0.39 is 24.0 Å². The molecule has 2 aromatic rings. The number of carbonyl (C=O) groups is 1. The molecule has 9 heteroatoms. The van der Waals surface area contributed by atoms with E-state index in [9.17, 15) is 18.0 Å². The summed E-state index contributed by atoms with van der Waals surface area (Å²) in [6, 6.07) is 4.59. The molecule has 2 atom stereocenters. The summed E-state index contributed by atoms with van der Waals surface area (Å²) in [4.78, 5) is 16.2. The zero-order valence-electron chi connectivity index (χ0n) is 14.0. The van der Waals surface area contributed by atoms with Gasteiger partial charge in [-0.25, -0.2) is 4.98 Å². The van der Waals surface area contributed by atoms with Gasteiger partial charge in [-0.15, -0.1) is 0 Å². The first kappa shape index (κ1) is 19.6. The van der Waals surface area contributed by atoms with Crippen molar-refractivity contribution in [3.63, 3.8) is 0 Å². The Balaban J connectivity index is 2.27. The minimum Gasteiger partial charge on any atom is -0.298 e. The highest BCUT2D eigenvalue weighted by molar-refractivity contribution is 5.84. The van der Waals surface area contributed by atoms with Crippen molar-refractivity contribution in [2.45, 2.75) is 44.4 Å². The molecule has 0 spiro atoms. The van der Waals surface area contributed by atoms with Crippen molar-refractivity contribution in [3.8, 4) is 6.07 Å². The number of nitrogens with one attached hydrogen (secondary N) is 2. The predicted octanol–water partition coefficient (Wildman–Crippen LogP) is 2.79. The van der Waals surface area contributed by atoms with Crippen LogP contribution in [0.25, 0.3) is 0 Å². The van der Waals surface area contributed by atoms with Gasteiger partial charge in [-0.3, -0.25) is 15.2 Å². The summed E-state index contributed by atoms with van der Waals surface area (Å²) in [5.74, 6) is -0.193. The van der Waals surface area contributed by atoms with Crippen LogP contribution in [0.5, 0.6) is 0 Å². The summed E-state index contributed by atoms with van der Waals surface area (Å²) in [6.45, 7) is 1.78. The Morgan fingerprint density at radius 2 is 2.04 bits per heavy atom. The Labute approximate surface area is 148 Å². The lowest BCUT2D eigenvalue weighted by Gasteiger charge is -2.27. The fourth-order valence-electron chi connectivity index (χ4n) is 2.48. The van der Waals surface area contributed by atoms with Crippen LogP contribution in [0.1, 0.15) is 35.8 Å². The van der Waals surface area contributed by atoms with Crippen molar-refractivity contribution in [2.75, 3.05) is 0 Å². The van der Waals surface area contributed by atoms with Gasteiger partial charge in [0.1, 0.15) is 18.2 Å². The highest BCUT2D eigenvalue weighted by Gasteiger charge is 2.42. The fourth-order valence-corrected chi connectivity index (χ4v) is 2.48. The van der Waals surface area contributed by atoms with Gasteiger partial charge in [0.2, 0.25) is 0 Å². The molecule has 0 aliphatic carbocycles. The average Bonchev–Trinajstić information content (AvgIpc) is 3.09. The average molecular weight is 365 g/mol. The highest BCUT2D eigenvalue weighted by Crippen LogP contribution is 2.33. The number of H-pyrrole nitrogens is 1. The van der Waals surface area contributed by atoms with Crippen molar-refractivity contribution in [2.24, 2.45) is 0 Å². The first-order valence-electron chi connectivity index (χ1n) is 7.94. The summed E-state index contributed by atoms with van der Waals surface area (Å²) >= 11 is 0. The third-order valence-corrected chi connectivity index (χ3v) is 3.84. The van der Waals surface area contributed by atoms with Gasteiger partial charge in [-0.1, -0.05) is 29.8 Å². The topological polar surface area (TPSA) is 94.5 Å². The molecule has 0 bridgehead atoms. The molecule has 0 saturated carbocycles. The third-order valence-electron chi connectivity index (χ3n) is 3.84. The van der Waals surface area contributed by atoms with E-state index in [2.05, 4.69) is 20.5 Å². The predicted molar refractivity (Wildman–Crippen MR) is 86.8 cm³/mol. The van der Waals surface area contributed by atoms with Crippen molar-refractivity contribution in [3.05, 3.63) is 47.5 Å². The molecule has 0 amide bonds. The van der Waals surface area contributed by atoms with Crippen LogP contribution in [0.3, 0.4) is 0 Å². The summed E-state index contributed by atoms with van der Waals surface area (Å²) in [7, 11) is 0.